The van der Waals surface area contributed by atoms with Gasteiger partial charge in [-0.05, 0) is 73.8 Å². The molecule has 1 amide bonds. The first-order chi connectivity index (χ1) is 13.9. The molecule has 1 aromatic heterocycles. The second kappa shape index (κ2) is 8.57. The zero-order valence-corrected chi connectivity index (χ0v) is 18.1. The molecule has 29 heavy (non-hydrogen) atoms. The van der Waals surface area contributed by atoms with Gasteiger partial charge in [0, 0.05) is 22.5 Å². The fourth-order valence-corrected chi connectivity index (χ4v) is 5.76. The number of hydrogen-bond acceptors (Lipinski definition) is 5. The summed E-state index contributed by atoms with van der Waals surface area (Å²) >= 11 is 7.15. The molecule has 0 saturated carbocycles. The molecule has 9 heteroatoms. The normalized spacial score (nSPS) is 20.2. The van der Waals surface area contributed by atoms with Gasteiger partial charge in [-0.1, -0.05) is 17.7 Å². The number of amides is 1. The van der Waals surface area contributed by atoms with Crippen LogP contribution in [0.2, 0.25) is 4.34 Å². The predicted octanol–water partition coefficient (Wildman–Crippen LogP) is 2.79. The van der Waals surface area contributed by atoms with Crippen LogP contribution >= 0.6 is 22.9 Å². The van der Waals surface area contributed by atoms with Gasteiger partial charge >= 0.3 is 0 Å². The first kappa shape index (κ1) is 20.6. The summed E-state index contributed by atoms with van der Waals surface area (Å²) < 4.78 is 27.9. The minimum Gasteiger partial charge on any atom is -0.316 e. The van der Waals surface area contributed by atoms with Crippen molar-refractivity contribution in [3.05, 3.63) is 56.1 Å². The third-order valence-corrected chi connectivity index (χ3v) is 7.47. The van der Waals surface area contributed by atoms with Crippen molar-refractivity contribution in [1.82, 2.24) is 10.0 Å². The monoisotopic (exact) mass is 451 g/mol. The molecule has 1 atom stereocenters. The summed E-state index contributed by atoms with van der Waals surface area (Å²) in [6.07, 6.45) is 3.83. The summed E-state index contributed by atoms with van der Waals surface area (Å²) in [6.45, 7) is 2.38. The molecule has 0 aliphatic carbocycles. The minimum absolute atomic E-state index is 0.215. The molecule has 2 N–H and O–H groups in total. The van der Waals surface area contributed by atoms with E-state index < -0.39 is 16.1 Å². The van der Waals surface area contributed by atoms with Gasteiger partial charge in [-0.3, -0.25) is 4.79 Å². The van der Waals surface area contributed by atoms with E-state index in [1.807, 2.05) is 6.07 Å². The average molecular weight is 452 g/mol. The molecule has 0 radical (unpaired) electrons. The molecule has 4 rings (SSSR count). The quantitative estimate of drug-likeness (QED) is 0.732. The average Bonchev–Trinajstić information content (AvgIpc) is 3.17. The Morgan fingerprint density at radius 2 is 1.97 bits per heavy atom. The lowest BCUT2D eigenvalue weighted by Gasteiger charge is -2.19. The Morgan fingerprint density at radius 1 is 1.17 bits per heavy atom. The molecule has 3 heterocycles. The molecule has 2 aliphatic rings. The lowest BCUT2D eigenvalue weighted by atomic mass is 10.0. The highest BCUT2D eigenvalue weighted by molar-refractivity contribution is 7.92. The number of carbonyl (C=O) groups excluding carboxylic acids is 1. The van der Waals surface area contributed by atoms with Crippen LogP contribution < -0.4 is 14.9 Å². The molecule has 0 spiro atoms. The first-order valence-corrected chi connectivity index (χ1v) is 12.2. The van der Waals surface area contributed by atoms with Crippen LogP contribution in [0.15, 0.2) is 35.7 Å². The van der Waals surface area contributed by atoms with Crippen LogP contribution in [0, 0.1) is 0 Å². The highest BCUT2D eigenvalue weighted by Gasteiger charge is 2.35. The number of rotatable bonds is 5. The van der Waals surface area contributed by atoms with Gasteiger partial charge in [0.25, 0.3) is 0 Å². The van der Waals surface area contributed by atoms with Gasteiger partial charge in [0.2, 0.25) is 15.9 Å². The number of nitrogens with zero attached hydrogens (tertiary/aromatic N) is 1. The summed E-state index contributed by atoms with van der Waals surface area (Å²) in [5.74, 6) is -0.215. The van der Waals surface area contributed by atoms with Crippen LogP contribution in [0.3, 0.4) is 0 Å². The molecule has 0 bridgehead atoms. The van der Waals surface area contributed by atoms with Crippen molar-refractivity contribution >= 4 is 50.6 Å². The van der Waals surface area contributed by atoms with E-state index in [0.717, 1.165) is 41.9 Å². The standard InChI is InChI=1S/C20H22ClN3O3S2/c21-19-4-3-17(28-19)8-12-29(26,27)23-18-7-11-24(20(18)25)16-2-1-14-5-9-22-10-6-15(14)13-16/h1-4,8,12-13,18,22-23H,5-7,9-11H2/b12-8+/t18-/m0/s1. The zero-order chi connectivity index (χ0) is 20.4. The third kappa shape index (κ3) is 4.90. The molecule has 2 aliphatic heterocycles. The van der Waals surface area contributed by atoms with Gasteiger partial charge in [-0.25, -0.2) is 8.42 Å². The van der Waals surface area contributed by atoms with Gasteiger partial charge in [0.05, 0.1) is 4.34 Å². The SMILES string of the molecule is O=C1[C@@H](NS(=O)(=O)/C=C/c2ccc(Cl)s2)CCN1c1ccc2c(c1)CCNCC2. The van der Waals surface area contributed by atoms with Crippen molar-refractivity contribution in [2.75, 3.05) is 24.5 Å². The van der Waals surface area contributed by atoms with Crippen molar-refractivity contribution in [1.29, 1.82) is 0 Å². The van der Waals surface area contributed by atoms with Gasteiger partial charge in [-0.2, -0.15) is 4.72 Å². The number of benzene rings is 1. The number of fused-ring (bicyclic) bond motifs is 1. The van der Waals surface area contributed by atoms with Crippen LogP contribution in [0.25, 0.3) is 6.08 Å². The van der Waals surface area contributed by atoms with E-state index in [9.17, 15) is 13.2 Å². The first-order valence-electron chi connectivity index (χ1n) is 9.51. The van der Waals surface area contributed by atoms with Crippen LogP contribution in [0.4, 0.5) is 5.69 Å². The summed E-state index contributed by atoms with van der Waals surface area (Å²) in [7, 11) is -3.73. The number of sulfonamides is 1. The number of nitrogens with one attached hydrogen (secondary N) is 2. The van der Waals surface area contributed by atoms with Crippen molar-refractivity contribution in [3.63, 3.8) is 0 Å². The number of halogens is 1. The number of anilines is 1. The summed E-state index contributed by atoms with van der Waals surface area (Å²) in [4.78, 5) is 15.3. The second-order valence-electron chi connectivity index (χ2n) is 7.14. The van der Waals surface area contributed by atoms with E-state index in [0.29, 0.717) is 17.3 Å². The third-order valence-electron chi connectivity index (χ3n) is 5.16. The maximum absolute atomic E-state index is 12.8. The molecule has 0 unspecified atom stereocenters. The van der Waals surface area contributed by atoms with Crippen molar-refractivity contribution < 1.29 is 13.2 Å². The fraction of sp³-hybridized carbons (Fsp3) is 0.350. The summed E-state index contributed by atoms with van der Waals surface area (Å²) in [5, 5.41) is 4.46. The van der Waals surface area contributed by atoms with Gasteiger partial charge in [0.15, 0.2) is 0 Å². The summed E-state index contributed by atoms with van der Waals surface area (Å²) in [6, 6.07) is 8.81. The fourth-order valence-electron chi connectivity index (χ4n) is 3.69. The molecular weight excluding hydrogens is 430 g/mol. The van der Waals surface area contributed by atoms with E-state index in [1.54, 1.807) is 17.0 Å². The molecule has 1 aromatic carbocycles. The smallest absolute Gasteiger partial charge is 0.245 e. The maximum atomic E-state index is 12.8. The van der Waals surface area contributed by atoms with E-state index in [4.69, 9.17) is 11.6 Å². The Kier molecular flexibility index (Phi) is 6.08. The van der Waals surface area contributed by atoms with Crippen LogP contribution in [0.1, 0.15) is 22.4 Å². The van der Waals surface area contributed by atoms with Crippen molar-refractivity contribution in [2.24, 2.45) is 0 Å². The highest BCUT2D eigenvalue weighted by Crippen LogP contribution is 2.26. The van der Waals surface area contributed by atoms with Crippen LogP contribution in [-0.4, -0.2) is 40.0 Å². The maximum Gasteiger partial charge on any atom is 0.245 e. The van der Waals surface area contributed by atoms with Gasteiger partial charge in [0.1, 0.15) is 6.04 Å². The minimum atomic E-state index is -3.73. The van der Waals surface area contributed by atoms with Crippen molar-refractivity contribution in [2.45, 2.75) is 25.3 Å². The number of hydrogen-bond donors (Lipinski definition) is 2. The van der Waals surface area contributed by atoms with Gasteiger partial charge in [-0.15, -0.1) is 11.3 Å². The van der Waals surface area contributed by atoms with E-state index in [1.165, 1.54) is 28.5 Å². The van der Waals surface area contributed by atoms with E-state index >= 15 is 0 Å². The topological polar surface area (TPSA) is 78.5 Å². The Bertz CT molecular complexity index is 1050. The Balaban J connectivity index is 1.45. The van der Waals surface area contributed by atoms with E-state index in [-0.39, 0.29) is 5.91 Å². The Labute approximate surface area is 179 Å². The number of thiophene rings is 1. The van der Waals surface area contributed by atoms with Crippen LogP contribution in [-0.2, 0) is 27.7 Å². The van der Waals surface area contributed by atoms with Crippen LogP contribution in [0.5, 0.6) is 0 Å². The Morgan fingerprint density at radius 3 is 2.72 bits per heavy atom. The van der Waals surface area contributed by atoms with Crippen molar-refractivity contribution in [3.8, 4) is 0 Å². The van der Waals surface area contributed by atoms with Gasteiger partial charge < -0.3 is 10.2 Å². The zero-order valence-electron chi connectivity index (χ0n) is 15.7. The molecule has 1 fully saturated rings. The largest absolute Gasteiger partial charge is 0.316 e. The summed E-state index contributed by atoms with van der Waals surface area (Å²) in [5.41, 5.74) is 3.39. The number of carbonyl (C=O) groups is 1. The highest BCUT2D eigenvalue weighted by atomic mass is 35.5. The lowest BCUT2D eigenvalue weighted by molar-refractivity contribution is -0.118. The molecule has 1 saturated heterocycles. The molecule has 154 valence electrons. The lowest BCUT2D eigenvalue weighted by Crippen LogP contribution is -2.40. The molecular formula is C20H22ClN3O3S2. The predicted molar refractivity (Wildman–Crippen MR) is 118 cm³/mol. The molecule has 6 nitrogen and oxygen atoms in total. The van der Waals surface area contributed by atoms with E-state index in [2.05, 4.69) is 22.2 Å². The second-order valence-corrected chi connectivity index (χ2v) is 10.5. The molecule has 2 aromatic rings. The Hall–Kier alpha value is -1.71.